The molecule has 156 valence electrons. The number of piperidine rings is 1. The fraction of sp³-hybridized carbons (Fsp3) is 0.632. The van der Waals surface area contributed by atoms with Crippen LogP contribution >= 0.6 is 11.6 Å². The molecule has 0 spiro atoms. The summed E-state index contributed by atoms with van der Waals surface area (Å²) in [6.07, 6.45) is 2.79. The number of nitrogens with zero attached hydrogens (tertiary/aromatic N) is 2. The van der Waals surface area contributed by atoms with E-state index in [-0.39, 0.29) is 34.5 Å². The zero-order valence-electron chi connectivity index (χ0n) is 16.0. The summed E-state index contributed by atoms with van der Waals surface area (Å²) < 4.78 is 37.9. The Morgan fingerprint density at radius 3 is 2.39 bits per heavy atom. The lowest BCUT2D eigenvalue weighted by Gasteiger charge is -2.43. The van der Waals surface area contributed by atoms with Crippen molar-refractivity contribution in [2.75, 3.05) is 40.0 Å². The van der Waals surface area contributed by atoms with Gasteiger partial charge in [-0.05, 0) is 37.8 Å². The zero-order chi connectivity index (χ0) is 20.1. The highest BCUT2D eigenvalue weighted by molar-refractivity contribution is 7.89. The fourth-order valence-corrected chi connectivity index (χ4v) is 5.98. The summed E-state index contributed by atoms with van der Waals surface area (Å²) in [5.74, 6) is -0.0400. The van der Waals surface area contributed by atoms with Crippen LogP contribution in [0.4, 0.5) is 0 Å². The second-order valence-corrected chi connectivity index (χ2v) is 9.46. The van der Waals surface area contributed by atoms with Crippen LogP contribution in [0.5, 0.6) is 0 Å². The average Bonchev–Trinajstić information content (AvgIpc) is 2.70. The smallest absolute Gasteiger partial charge is 0.249 e. The van der Waals surface area contributed by atoms with Crippen LogP contribution in [-0.4, -0.2) is 75.6 Å². The second kappa shape index (κ2) is 9.54. The normalized spacial score (nSPS) is 20.2. The van der Waals surface area contributed by atoms with Gasteiger partial charge in [0, 0.05) is 45.5 Å². The van der Waals surface area contributed by atoms with Gasteiger partial charge in [0.15, 0.2) is 0 Å². The van der Waals surface area contributed by atoms with E-state index in [2.05, 4.69) is 0 Å². The summed E-state index contributed by atoms with van der Waals surface area (Å²) in [5.41, 5.74) is 0. The Bertz CT molecular complexity index is 774. The fourth-order valence-electron chi connectivity index (χ4n) is 4.02. The first-order valence-corrected chi connectivity index (χ1v) is 11.4. The molecule has 2 heterocycles. The van der Waals surface area contributed by atoms with Crippen molar-refractivity contribution in [2.24, 2.45) is 0 Å². The van der Waals surface area contributed by atoms with Gasteiger partial charge in [-0.15, -0.1) is 0 Å². The number of halogens is 1. The van der Waals surface area contributed by atoms with Gasteiger partial charge >= 0.3 is 0 Å². The van der Waals surface area contributed by atoms with Gasteiger partial charge in [0.05, 0.1) is 5.02 Å². The van der Waals surface area contributed by atoms with E-state index in [4.69, 9.17) is 21.1 Å². The van der Waals surface area contributed by atoms with E-state index >= 15 is 0 Å². The van der Waals surface area contributed by atoms with Crippen LogP contribution in [-0.2, 0) is 24.3 Å². The average molecular weight is 431 g/mol. The van der Waals surface area contributed by atoms with Crippen LogP contribution in [0.3, 0.4) is 0 Å². The molecular formula is C19H27ClN2O5S. The number of carbonyl (C=O) groups excluding carboxylic acids is 1. The summed E-state index contributed by atoms with van der Waals surface area (Å²) in [4.78, 5) is 14.8. The van der Waals surface area contributed by atoms with E-state index in [0.29, 0.717) is 39.1 Å². The Kier molecular flexibility index (Phi) is 7.33. The molecule has 2 aliphatic rings. The summed E-state index contributed by atoms with van der Waals surface area (Å²) in [5, 5.41) is 0.226. The van der Waals surface area contributed by atoms with Gasteiger partial charge in [0.1, 0.15) is 11.5 Å². The summed E-state index contributed by atoms with van der Waals surface area (Å²) in [6.45, 7) is 2.04. The van der Waals surface area contributed by atoms with Gasteiger partial charge in [-0.2, -0.15) is 4.31 Å². The molecule has 28 heavy (non-hydrogen) atoms. The molecule has 1 aromatic carbocycles. The highest BCUT2D eigenvalue weighted by Gasteiger charge is 2.37. The number of benzene rings is 1. The third-order valence-corrected chi connectivity index (χ3v) is 7.81. The molecule has 2 aliphatic heterocycles. The van der Waals surface area contributed by atoms with Crippen molar-refractivity contribution in [1.29, 1.82) is 0 Å². The first kappa shape index (κ1) is 21.5. The van der Waals surface area contributed by atoms with E-state index in [1.165, 1.54) is 17.5 Å². The van der Waals surface area contributed by atoms with Gasteiger partial charge < -0.3 is 14.4 Å². The highest BCUT2D eigenvalue weighted by atomic mass is 35.5. The standard InChI is InChI=1S/C19H27ClN2O5S/c1-26-14-19(23)22(16-8-12-27-13-9-16)15-6-10-21(11-7-15)28(24,25)18-5-3-2-4-17(18)20/h2-5,15-16H,6-14H2,1H3. The van der Waals surface area contributed by atoms with E-state index in [1.54, 1.807) is 18.2 Å². The lowest BCUT2D eigenvalue weighted by atomic mass is 9.98. The summed E-state index contributed by atoms with van der Waals surface area (Å²) in [7, 11) is -2.13. The molecule has 1 amide bonds. The topological polar surface area (TPSA) is 76.2 Å². The second-order valence-electron chi connectivity index (χ2n) is 7.14. The molecule has 7 nitrogen and oxygen atoms in total. The molecule has 0 radical (unpaired) electrons. The third kappa shape index (κ3) is 4.68. The number of carbonyl (C=O) groups is 1. The van der Waals surface area contributed by atoms with Gasteiger partial charge in [-0.3, -0.25) is 4.79 Å². The molecule has 0 atom stereocenters. The minimum atomic E-state index is -3.64. The van der Waals surface area contributed by atoms with Crippen molar-refractivity contribution >= 4 is 27.5 Å². The van der Waals surface area contributed by atoms with Crippen molar-refractivity contribution < 1.29 is 22.7 Å². The largest absolute Gasteiger partial charge is 0.381 e. The van der Waals surface area contributed by atoms with Crippen molar-refractivity contribution in [3.63, 3.8) is 0 Å². The maximum Gasteiger partial charge on any atom is 0.249 e. The van der Waals surface area contributed by atoms with Crippen LogP contribution in [0, 0.1) is 0 Å². The van der Waals surface area contributed by atoms with Crippen molar-refractivity contribution in [2.45, 2.75) is 42.7 Å². The Balaban J connectivity index is 1.71. The number of methoxy groups -OCH3 is 1. The number of hydrogen-bond donors (Lipinski definition) is 0. The Morgan fingerprint density at radius 1 is 1.18 bits per heavy atom. The van der Waals surface area contributed by atoms with Crippen LogP contribution in [0.1, 0.15) is 25.7 Å². The maximum atomic E-state index is 12.9. The number of amides is 1. The monoisotopic (exact) mass is 430 g/mol. The molecule has 0 aromatic heterocycles. The molecule has 1 aromatic rings. The Labute approximate surface area is 171 Å². The van der Waals surface area contributed by atoms with E-state index in [0.717, 1.165) is 12.8 Å². The molecule has 0 bridgehead atoms. The zero-order valence-corrected chi connectivity index (χ0v) is 17.6. The molecule has 0 N–H and O–H groups in total. The lowest BCUT2D eigenvalue weighted by Crippen LogP contribution is -2.54. The summed E-state index contributed by atoms with van der Waals surface area (Å²) >= 11 is 6.10. The van der Waals surface area contributed by atoms with Crippen molar-refractivity contribution in [1.82, 2.24) is 9.21 Å². The number of sulfonamides is 1. The van der Waals surface area contributed by atoms with Crippen LogP contribution in [0.2, 0.25) is 5.02 Å². The van der Waals surface area contributed by atoms with Crippen molar-refractivity contribution in [3.8, 4) is 0 Å². The van der Waals surface area contributed by atoms with Crippen LogP contribution in [0.15, 0.2) is 29.2 Å². The van der Waals surface area contributed by atoms with Gasteiger partial charge in [0.2, 0.25) is 15.9 Å². The molecule has 9 heteroatoms. The van der Waals surface area contributed by atoms with Crippen LogP contribution < -0.4 is 0 Å². The molecule has 0 unspecified atom stereocenters. The molecule has 3 rings (SSSR count). The predicted octanol–water partition coefficient (Wildman–Crippen LogP) is 2.15. The van der Waals surface area contributed by atoms with Gasteiger partial charge in [-0.25, -0.2) is 8.42 Å². The SMILES string of the molecule is COCC(=O)N(C1CCOCC1)C1CCN(S(=O)(=O)c2ccccc2Cl)CC1. The molecular weight excluding hydrogens is 404 g/mol. The Hall–Kier alpha value is -1.19. The first-order valence-electron chi connectivity index (χ1n) is 9.57. The van der Waals surface area contributed by atoms with E-state index < -0.39 is 10.0 Å². The summed E-state index contributed by atoms with van der Waals surface area (Å²) in [6, 6.07) is 6.61. The van der Waals surface area contributed by atoms with Crippen LogP contribution in [0.25, 0.3) is 0 Å². The first-order chi connectivity index (χ1) is 13.4. The van der Waals surface area contributed by atoms with Gasteiger partial charge in [0.25, 0.3) is 0 Å². The number of rotatable bonds is 6. The van der Waals surface area contributed by atoms with E-state index in [9.17, 15) is 13.2 Å². The minimum absolute atomic E-state index is 0.00319. The quantitative estimate of drug-likeness (QED) is 0.691. The third-order valence-electron chi connectivity index (χ3n) is 5.41. The molecule has 0 aliphatic carbocycles. The minimum Gasteiger partial charge on any atom is -0.381 e. The highest BCUT2D eigenvalue weighted by Crippen LogP contribution is 2.29. The maximum absolute atomic E-state index is 12.9. The van der Waals surface area contributed by atoms with Crippen molar-refractivity contribution in [3.05, 3.63) is 29.3 Å². The number of ether oxygens (including phenoxy) is 2. The van der Waals surface area contributed by atoms with E-state index in [1.807, 2.05) is 4.90 Å². The molecule has 2 fully saturated rings. The molecule has 2 saturated heterocycles. The Morgan fingerprint density at radius 2 is 1.79 bits per heavy atom. The lowest BCUT2D eigenvalue weighted by molar-refractivity contribution is -0.143. The predicted molar refractivity (Wildman–Crippen MR) is 106 cm³/mol. The molecule has 0 saturated carbocycles. The van der Waals surface area contributed by atoms with Gasteiger partial charge in [-0.1, -0.05) is 23.7 Å². The number of hydrogen-bond acceptors (Lipinski definition) is 5.